The molecule has 2 atom stereocenters. The molecule has 178 valence electrons. The van der Waals surface area contributed by atoms with Gasteiger partial charge in [0.1, 0.15) is 6.61 Å². The molecule has 0 aromatic heterocycles. The number of carboxylic acid groups (broad SMARTS) is 1. The molecule has 1 saturated carbocycles. The van der Waals surface area contributed by atoms with E-state index in [0.29, 0.717) is 0 Å². The molecule has 2 fully saturated rings. The Balaban J connectivity index is 1.20. The van der Waals surface area contributed by atoms with Gasteiger partial charge < -0.3 is 25.2 Å². The van der Waals surface area contributed by atoms with Gasteiger partial charge in [-0.2, -0.15) is 0 Å². The minimum Gasteiger partial charge on any atom is -0.479 e. The summed E-state index contributed by atoms with van der Waals surface area (Å²) in [5.41, 5.74) is 3.18. The Labute approximate surface area is 197 Å². The second-order valence-corrected chi connectivity index (χ2v) is 9.36. The van der Waals surface area contributed by atoms with Crippen molar-refractivity contribution >= 4 is 18.0 Å². The van der Waals surface area contributed by atoms with Gasteiger partial charge in [0.15, 0.2) is 5.54 Å². The zero-order chi connectivity index (χ0) is 23.7. The van der Waals surface area contributed by atoms with Gasteiger partial charge in [0, 0.05) is 31.4 Å². The molecular formula is C26H28N2O6. The number of hydrogen-bond donors (Lipinski definition) is 3. The maximum Gasteiger partial charge on any atom is 0.407 e. The summed E-state index contributed by atoms with van der Waals surface area (Å²) in [5, 5.41) is 15.0. The molecule has 8 heteroatoms. The lowest BCUT2D eigenvalue weighted by molar-refractivity contribution is -0.147. The van der Waals surface area contributed by atoms with Crippen LogP contribution < -0.4 is 10.6 Å². The number of carboxylic acids is 1. The molecule has 2 aromatic carbocycles. The summed E-state index contributed by atoms with van der Waals surface area (Å²) in [4.78, 5) is 37.0. The number of rotatable bonds is 8. The van der Waals surface area contributed by atoms with Gasteiger partial charge in [-0.05, 0) is 41.0 Å². The van der Waals surface area contributed by atoms with E-state index in [1.807, 2.05) is 24.3 Å². The van der Waals surface area contributed by atoms with Crippen LogP contribution in [0.25, 0.3) is 11.1 Å². The van der Waals surface area contributed by atoms with Gasteiger partial charge in [-0.3, -0.25) is 4.79 Å². The molecule has 1 saturated heterocycles. The number of benzene rings is 2. The highest BCUT2D eigenvalue weighted by Gasteiger charge is 2.45. The van der Waals surface area contributed by atoms with Crippen LogP contribution >= 0.6 is 0 Å². The number of hydrogen-bond acceptors (Lipinski definition) is 5. The minimum absolute atomic E-state index is 0.00386. The second kappa shape index (κ2) is 9.10. The molecule has 2 aromatic rings. The van der Waals surface area contributed by atoms with Crippen molar-refractivity contribution in [3.8, 4) is 11.1 Å². The summed E-state index contributed by atoms with van der Waals surface area (Å²) < 4.78 is 10.8. The van der Waals surface area contributed by atoms with Crippen molar-refractivity contribution in [1.82, 2.24) is 10.6 Å². The Hall–Kier alpha value is -3.39. The molecule has 0 spiro atoms. The van der Waals surface area contributed by atoms with E-state index >= 15 is 0 Å². The maximum atomic E-state index is 12.7. The number of amides is 2. The molecule has 2 amide bonds. The molecule has 1 aliphatic heterocycles. The quantitative estimate of drug-likeness (QED) is 0.553. The predicted molar refractivity (Wildman–Crippen MR) is 123 cm³/mol. The van der Waals surface area contributed by atoms with E-state index < -0.39 is 29.6 Å². The van der Waals surface area contributed by atoms with Crippen LogP contribution in [0.4, 0.5) is 4.79 Å². The molecule has 5 rings (SSSR count). The summed E-state index contributed by atoms with van der Waals surface area (Å²) in [6.45, 7) is 0.432. The van der Waals surface area contributed by atoms with E-state index in [-0.39, 0.29) is 44.5 Å². The number of ether oxygens (including phenoxy) is 2. The molecule has 1 heterocycles. The first-order valence-corrected chi connectivity index (χ1v) is 11.7. The summed E-state index contributed by atoms with van der Waals surface area (Å²) in [6, 6.07) is 15.9. The Morgan fingerprint density at radius 1 is 1.06 bits per heavy atom. The maximum absolute atomic E-state index is 12.7. The fraction of sp³-hybridized carbons (Fsp3) is 0.423. The highest BCUT2D eigenvalue weighted by Crippen LogP contribution is 2.44. The van der Waals surface area contributed by atoms with Crippen LogP contribution in [0.2, 0.25) is 0 Å². The lowest BCUT2D eigenvalue weighted by Gasteiger charge is -2.25. The number of nitrogens with one attached hydrogen (secondary N) is 2. The van der Waals surface area contributed by atoms with Gasteiger partial charge in [-0.15, -0.1) is 0 Å². The average Bonchev–Trinajstić information content (AvgIpc) is 3.49. The first-order valence-electron chi connectivity index (χ1n) is 11.7. The molecule has 2 unspecified atom stereocenters. The Morgan fingerprint density at radius 2 is 1.71 bits per heavy atom. The second-order valence-electron chi connectivity index (χ2n) is 9.36. The van der Waals surface area contributed by atoms with E-state index in [9.17, 15) is 19.5 Å². The van der Waals surface area contributed by atoms with Crippen LogP contribution in [-0.4, -0.2) is 54.5 Å². The fourth-order valence-corrected chi connectivity index (χ4v) is 5.03. The van der Waals surface area contributed by atoms with Gasteiger partial charge in [-0.25, -0.2) is 9.59 Å². The zero-order valence-electron chi connectivity index (χ0n) is 18.8. The number of aliphatic carboxylic acids is 1. The standard InChI is InChI=1S/C26H28N2O6/c29-23(28-26(24(30)31)11-12-33-15-26)13-22(16-9-10-16)27-25(32)34-14-21-19-7-3-1-5-17(19)18-6-2-4-8-20(18)21/h1-8,16,21-22H,9-15H2,(H,27,32)(H,28,29)(H,30,31). The SMILES string of the molecule is O=C(CC(NC(=O)OCC1c2ccccc2-c2ccccc21)C1CC1)NC1(C(=O)O)CCOC1. The van der Waals surface area contributed by atoms with Crippen molar-refractivity contribution in [1.29, 1.82) is 0 Å². The van der Waals surface area contributed by atoms with Crippen LogP contribution in [-0.2, 0) is 19.1 Å². The van der Waals surface area contributed by atoms with Crippen molar-refractivity contribution in [3.63, 3.8) is 0 Å². The highest BCUT2D eigenvalue weighted by atomic mass is 16.5. The summed E-state index contributed by atoms with van der Waals surface area (Å²) in [5.74, 6) is -1.37. The zero-order valence-corrected chi connectivity index (χ0v) is 18.8. The summed E-state index contributed by atoms with van der Waals surface area (Å²) in [7, 11) is 0. The lowest BCUT2D eigenvalue weighted by Crippen LogP contribution is -2.56. The van der Waals surface area contributed by atoms with Crippen LogP contribution in [0.5, 0.6) is 0 Å². The van der Waals surface area contributed by atoms with Gasteiger partial charge in [0.25, 0.3) is 0 Å². The van der Waals surface area contributed by atoms with E-state index in [0.717, 1.165) is 35.1 Å². The van der Waals surface area contributed by atoms with Crippen molar-refractivity contribution in [2.24, 2.45) is 5.92 Å². The molecule has 0 radical (unpaired) electrons. The third-order valence-electron chi connectivity index (χ3n) is 7.05. The Bertz CT molecular complexity index is 1060. The largest absolute Gasteiger partial charge is 0.479 e. The van der Waals surface area contributed by atoms with Crippen molar-refractivity contribution in [3.05, 3.63) is 59.7 Å². The van der Waals surface area contributed by atoms with Crippen molar-refractivity contribution < 1.29 is 29.0 Å². The van der Waals surface area contributed by atoms with Crippen LogP contribution in [0.1, 0.15) is 42.7 Å². The van der Waals surface area contributed by atoms with Crippen LogP contribution in [0.15, 0.2) is 48.5 Å². The van der Waals surface area contributed by atoms with Crippen molar-refractivity contribution in [2.75, 3.05) is 19.8 Å². The molecule has 34 heavy (non-hydrogen) atoms. The molecule has 2 aliphatic carbocycles. The third-order valence-corrected chi connectivity index (χ3v) is 7.05. The number of alkyl carbamates (subject to hydrolysis) is 1. The predicted octanol–water partition coefficient (Wildman–Crippen LogP) is 3.05. The minimum atomic E-state index is -1.39. The van der Waals surface area contributed by atoms with Gasteiger partial charge in [-0.1, -0.05) is 48.5 Å². The molecule has 8 nitrogen and oxygen atoms in total. The first kappa shape index (κ1) is 22.4. The number of carbonyl (C=O) groups excluding carboxylic acids is 2. The highest BCUT2D eigenvalue weighted by molar-refractivity contribution is 5.88. The normalized spacial score (nSPS) is 21.9. The smallest absolute Gasteiger partial charge is 0.407 e. The Morgan fingerprint density at radius 3 is 2.26 bits per heavy atom. The van der Waals surface area contributed by atoms with E-state index in [2.05, 4.69) is 34.9 Å². The third kappa shape index (κ3) is 4.37. The van der Waals surface area contributed by atoms with E-state index in [4.69, 9.17) is 9.47 Å². The van der Waals surface area contributed by atoms with Gasteiger partial charge in [0.2, 0.25) is 5.91 Å². The first-order chi connectivity index (χ1) is 16.5. The van der Waals surface area contributed by atoms with Crippen LogP contribution in [0.3, 0.4) is 0 Å². The van der Waals surface area contributed by atoms with Gasteiger partial charge in [0.05, 0.1) is 6.61 Å². The lowest BCUT2D eigenvalue weighted by atomic mass is 9.98. The summed E-state index contributed by atoms with van der Waals surface area (Å²) in [6.07, 6.45) is 1.49. The Kier molecular flexibility index (Phi) is 6.00. The van der Waals surface area contributed by atoms with Crippen LogP contribution in [0, 0.1) is 5.92 Å². The van der Waals surface area contributed by atoms with Crippen molar-refractivity contribution in [2.45, 2.75) is 43.2 Å². The van der Waals surface area contributed by atoms with Gasteiger partial charge >= 0.3 is 12.1 Å². The molecule has 3 N–H and O–H groups in total. The average molecular weight is 465 g/mol. The monoisotopic (exact) mass is 464 g/mol. The van der Waals surface area contributed by atoms with E-state index in [1.165, 1.54) is 0 Å². The fourth-order valence-electron chi connectivity index (χ4n) is 5.03. The topological polar surface area (TPSA) is 114 Å². The number of fused-ring (bicyclic) bond motifs is 3. The van der Waals surface area contributed by atoms with E-state index in [1.54, 1.807) is 0 Å². The molecular weight excluding hydrogens is 436 g/mol. The molecule has 0 bridgehead atoms. The summed E-state index contributed by atoms with van der Waals surface area (Å²) >= 11 is 0. The molecule has 3 aliphatic rings. The number of carbonyl (C=O) groups is 3.